The van der Waals surface area contributed by atoms with Gasteiger partial charge in [-0.1, -0.05) is 35.5 Å². The van der Waals surface area contributed by atoms with E-state index in [0.29, 0.717) is 9.92 Å². The minimum absolute atomic E-state index is 0.0467. The minimum atomic E-state index is -0.589. The van der Waals surface area contributed by atoms with Crippen LogP contribution in [0.1, 0.15) is 0 Å². The van der Waals surface area contributed by atoms with Gasteiger partial charge in [-0.05, 0) is 12.1 Å². The first-order chi connectivity index (χ1) is 9.13. The molecule has 0 bridgehead atoms. The van der Waals surface area contributed by atoms with Crippen molar-refractivity contribution in [2.75, 3.05) is 5.43 Å². The SMILES string of the molecule is NNc1ncnc(Sc2ccccc2Cl)c1[N+](=O)[O-]. The highest BCUT2D eigenvalue weighted by molar-refractivity contribution is 7.99. The number of nitrogens with two attached hydrogens (primary N) is 1. The summed E-state index contributed by atoms with van der Waals surface area (Å²) in [5.41, 5.74) is 1.90. The van der Waals surface area contributed by atoms with Gasteiger partial charge >= 0.3 is 5.69 Å². The number of anilines is 1. The molecule has 9 heteroatoms. The molecule has 0 saturated heterocycles. The van der Waals surface area contributed by atoms with E-state index in [1.807, 2.05) is 0 Å². The standard InChI is InChI=1S/C10H8ClN5O2S/c11-6-3-1-2-4-7(6)19-10-8(16(17)18)9(15-12)13-5-14-10/h1-5H,12H2,(H,13,14,15). The number of nitrogens with one attached hydrogen (secondary N) is 1. The zero-order chi connectivity index (χ0) is 13.8. The Morgan fingerprint density at radius 2 is 2.11 bits per heavy atom. The molecule has 0 saturated carbocycles. The Bertz CT molecular complexity index is 625. The second-order valence-electron chi connectivity index (χ2n) is 3.31. The van der Waals surface area contributed by atoms with E-state index in [9.17, 15) is 10.1 Å². The Balaban J connectivity index is 2.46. The molecule has 0 unspecified atom stereocenters. The van der Waals surface area contributed by atoms with E-state index in [1.165, 1.54) is 6.33 Å². The fraction of sp³-hybridized carbons (Fsp3) is 0. The largest absolute Gasteiger partial charge is 0.344 e. The molecule has 0 atom stereocenters. The summed E-state index contributed by atoms with van der Waals surface area (Å²) >= 11 is 7.08. The van der Waals surface area contributed by atoms with Crippen molar-refractivity contribution in [2.45, 2.75) is 9.92 Å². The number of hydrazine groups is 1. The summed E-state index contributed by atoms with van der Waals surface area (Å²) < 4.78 is 0. The van der Waals surface area contributed by atoms with Crippen LogP contribution in [0.4, 0.5) is 11.5 Å². The fourth-order valence-electron chi connectivity index (χ4n) is 1.34. The molecule has 3 N–H and O–H groups in total. The average Bonchev–Trinajstić information content (AvgIpc) is 2.40. The van der Waals surface area contributed by atoms with E-state index in [-0.39, 0.29) is 16.5 Å². The van der Waals surface area contributed by atoms with Crippen LogP contribution < -0.4 is 11.3 Å². The Morgan fingerprint density at radius 3 is 2.74 bits per heavy atom. The highest BCUT2D eigenvalue weighted by Gasteiger charge is 2.23. The van der Waals surface area contributed by atoms with Crippen molar-refractivity contribution in [3.05, 3.63) is 45.7 Å². The van der Waals surface area contributed by atoms with Crippen LogP contribution in [0, 0.1) is 10.1 Å². The minimum Gasteiger partial charge on any atom is -0.303 e. The van der Waals surface area contributed by atoms with Crippen LogP contribution in [0.15, 0.2) is 40.5 Å². The highest BCUT2D eigenvalue weighted by Crippen LogP contribution is 2.38. The van der Waals surface area contributed by atoms with Gasteiger partial charge in [0.25, 0.3) is 0 Å². The van der Waals surface area contributed by atoms with Gasteiger partial charge in [-0.25, -0.2) is 15.8 Å². The van der Waals surface area contributed by atoms with Crippen molar-refractivity contribution in [3.63, 3.8) is 0 Å². The predicted molar refractivity (Wildman–Crippen MR) is 72.1 cm³/mol. The van der Waals surface area contributed by atoms with Gasteiger partial charge in [0, 0.05) is 4.90 Å². The molecular weight excluding hydrogens is 290 g/mol. The van der Waals surface area contributed by atoms with Gasteiger partial charge in [0.1, 0.15) is 6.33 Å². The van der Waals surface area contributed by atoms with Gasteiger partial charge < -0.3 is 5.43 Å². The number of benzene rings is 1. The first-order valence-corrected chi connectivity index (χ1v) is 6.21. The number of halogens is 1. The number of nitro groups is 1. The third-order valence-electron chi connectivity index (χ3n) is 2.15. The van der Waals surface area contributed by atoms with Crippen molar-refractivity contribution < 1.29 is 4.92 Å². The van der Waals surface area contributed by atoms with Gasteiger partial charge in [0.2, 0.25) is 5.82 Å². The lowest BCUT2D eigenvalue weighted by atomic mass is 10.4. The van der Waals surface area contributed by atoms with Gasteiger partial charge in [0.05, 0.1) is 9.95 Å². The molecule has 0 aliphatic carbocycles. The zero-order valence-electron chi connectivity index (χ0n) is 9.41. The molecule has 7 nitrogen and oxygen atoms in total. The average molecular weight is 298 g/mol. The summed E-state index contributed by atoms with van der Waals surface area (Å²) in [4.78, 5) is 18.7. The summed E-state index contributed by atoms with van der Waals surface area (Å²) in [5.74, 6) is 5.15. The molecule has 0 amide bonds. The lowest BCUT2D eigenvalue weighted by Crippen LogP contribution is -2.12. The number of nitrogens with zero attached hydrogens (tertiary/aromatic N) is 3. The topological polar surface area (TPSA) is 107 Å². The van der Waals surface area contributed by atoms with Crippen molar-refractivity contribution in [2.24, 2.45) is 5.84 Å². The molecule has 98 valence electrons. The fourth-order valence-corrected chi connectivity index (χ4v) is 2.48. The van der Waals surface area contributed by atoms with E-state index in [0.717, 1.165) is 11.8 Å². The lowest BCUT2D eigenvalue weighted by Gasteiger charge is -2.06. The molecule has 0 spiro atoms. The summed E-state index contributed by atoms with van der Waals surface area (Å²) in [5, 5.41) is 11.7. The molecule has 19 heavy (non-hydrogen) atoms. The van der Waals surface area contributed by atoms with Crippen LogP contribution >= 0.6 is 23.4 Å². The van der Waals surface area contributed by atoms with Gasteiger partial charge in [0.15, 0.2) is 5.03 Å². The van der Waals surface area contributed by atoms with Crippen molar-refractivity contribution in [1.82, 2.24) is 9.97 Å². The molecule has 0 radical (unpaired) electrons. The van der Waals surface area contributed by atoms with E-state index < -0.39 is 4.92 Å². The Labute approximate surface area is 117 Å². The van der Waals surface area contributed by atoms with E-state index in [4.69, 9.17) is 17.4 Å². The maximum absolute atomic E-state index is 11.1. The molecule has 1 heterocycles. The molecule has 1 aromatic heterocycles. The molecule has 1 aromatic carbocycles. The molecule has 0 aliphatic heterocycles. The molecular formula is C10H8ClN5O2S. The normalized spacial score (nSPS) is 10.2. The third kappa shape index (κ3) is 2.92. The number of rotatable bonds is 4. The van der Waals surface area contributed by atoms with Crippen molar-refractivity contribution in [3.8, 4) is 0 Å². The van der Waals surface area contributed by atoms with Crippen molar-refractivity contribution >= 4 is 34.9 Å². The summed E-state index contributed by atoms with van der Waals surface area (Å²) in [6.45, 7) is 0. The Morgan fingerprint density at radius 1 is 1.37 bits per heavy atom. The smallest absolute Gasteiger partial charge is 0.303 e. The van der Waals surface area contributed by atoms with E-state index >= 15 is 0 Å². The third-order valence-corrected chi connectivity index (χ3v) is 3.66. The van der Waals surface area contributed by atoms with Crippen LogP contribution in [0.3, 0.4) is 0 Å². The summed E-state index contributed by atoms with van der Waals surface area (Å²) in [6, 6.07) is 6.99. The first kappa shape index (κ1) is 13.5. The molecule has 0 fully saturated rings. The van der Waals surface area contributed by atoms with Crippen LogP contribution in [0.5, 0.6) is 0 Å². The molecule has 0 aliphatic rings. The van der Waals surface area contributed by atoms with Crippen LogP contribution in [0.25, 0.3) is 0 Å². The second kappa shape index (κ2) is 5.83. The number of hydrogen-bond acceptors (Lipinski definition) is 7. The Kier molecular flexibility index (Phi) is 4.15. The lowest BCUT2D eigenvalue weighted by molar-refractivity contribution is -0.387. The quantitative estimate of drug-likeness (QED) is 0.386. The maximum Gasteiger partial charge on any atom is 0.344 e. The van der Waals surface area contributed by atoms with Gasteiger partial charge in [-0.3, -0.25) is 10.1 Å². The van der Waals surface area contributed by atoms with Gasteiger partial charge in [-0.15, -0.1) is 0 Å². The molecule has 2 rings (SSSR count). The summed E-state index contributed by atoms with van der Waals surface area (Å²) in [6.07, 6.45) is 1.20. The molecule has 2 aromatic rings. The predicted octanol–water partition coefficient (Wildman–Crippen LogP) is 2.48. The second-order valence-corrected chi connectivity index (χ2v) is 4.75. The number of nitrogen functional groups attached to an aromatic ring is 1. The van der Waals surface area contributed by atoms with Gasteiger partial charge in [-0.2, -0.15) is 0 Å². The zero-order valence-corrected chi connectivity index (χ0v) is 11.0. The number of aromatic nitrogens is 2. The van der Waals surface area contributed by atoms with E-state index in [1.54, 1.807) is 24.3 Å². The monoisotopic (exact) mass is 297 g/mol. The summed E-state index contributed by atoms with van der Waals surface area (Å²) in [7, 11) is 0. The van der Waals surface area contributed by atoms with Crippen LogP contribution in [0.2, 0.25) is 5.02 Å². The van der Waals surface area contributed by atoms with Crippen LogP contribution in [-0.2, 0) is 0 Å². The van der Waals surface area contributed by atoms with Crippen molar-refractivity contribution in [1.29, 1.82) is 0 Å². The Hall–Kier alpha value is -1.90. The highest BCUT2D eigenvalue weighted by atomic mass is 35.5. The van der Waals surface area contributed by atoms with E-state index in [2.05, 4.69) is 15.4 Å². The first-order valence-electron chi connectivity index (χ1n) is 5.02. The number of hydrogen-bond donors (Lipinski definition) is 2. The van der Waals surface area contributed by atoms with Crippen LogP contribution in [-0.4, -0.2) is 14.9 Å². The maximum atomic E-state index is 11.1.